The normalized spacial score (nSPS) is 21.0. The highest BCUT2D eigenvalue weighted by atomic mass is 32.2. The quantitative estimate of drug-likeness (QED) is 0.581. The Kier molecular flexibility index (Phi) is 6.71. The second-order valence-electron chi connectivity index (χ2n) is 6.57. The van der Waals surface area contributed by atoms with Crippen LogP contribution in [0, 0.1) is 5.82 Å². The van der Waals surface area contributed by atoms with Crippen LogP contribution in [-0.2, 0) is 19.4 Å². The molecule has 0 bridgehead atoms. The standard InChI is InChI=1S/C17H24FN3O4S/c1-3-21(10-16(22)19-15-8-9-26(24,25)11-15)12(2)17(23)20-14-6-4-13(18)5-7-14/h4-7,12,15H,3,8-11H2,1-2H3,(H,19,22)(H,20,23)/p+1/t12-,15+/m0/s1. The molecule has 0 radical (unpaired) electrons. The van der Waals surface area contributed by atoms with Crippen molar-refractivity contribution in [2.45, 2.75) is 32.4 Å². The van der Waals surface area contributed by atoms with Gasteiger partial charge in [0.2, 0.25) is 0 Å². The largest absolute Gasteiger partial charge is 0.347 e. The number of sulfone groups is 1. The van der Waals surface area contributed by atoms with Crippen LogP contribution < -0.4 is 15.5 Å². The molecule has 1 aromatic carbocycles. The van der Waals surface area contributed by atoms with Crippen molar-refractivity contribution < 1.29 is 27.3 Å². The van der Waals surface area contributed by atoms with Crippen molar-refractivity contribution in [2.75, 3.05) is 29.9 Å². The highest BCUT2D eigenvalue weighted by Gasteiger charge is 2.31. The van der Waals surface area contributed by atoms with Gasteiger partial charge in [0, 0.05) is 11.7 Å². The van der Waals surface area contributed by atoms with Gasteiger partial charge in [0.25, 0.3) is 11.8 Å². The van der Waals surface area contributed by atoms with Gasteiger partial charge in [-0.15, -0.1) is 0 Å². The van der Waals surface area contributed by atoms with Gasteiger partial charge in [-0.1, -0.05) is 0 Å². The Morgan fingerprint density at radius 3 is 2.50 bits per heavy atom. The molecule has 2 rings (SSSR count). The van der Waals surface area contributed by atoms with Crippen molar-refractivity contribution in [2.24, 2.45) is 0 Å². The number of rotatable bonds is 7. The van der Waals surface area contributed by atoms with Crippen LogP contribution in [0.4, 0.5) is 10.1 Å². The van der Waals surface area contributed by atoms with E-state index in [4.69, 9.17) is 0 Å². The van der Waals surface area contributed by atoms with Crippen molar-refractivity contribution in [1.29, 1.82) is 0 Å². The molecule has 0 saturated carbocycles. The molecule has 7 nitrogen and oxygen atoms in total. The van der Waals surface area contributed by atoms with Gasteiger partial charge in [0.15, 0.2) is 22.4 Å². The first-order valence-corrected chi connectivity index (χ1v) is 10.4. The SMILES string of the molecule is CC[NH+](CC(=O)N[C@@H]1CCS(=O)(=O)C1)[C@@H](C)C(=O)Nc1ccc(F)cc1. The molecule has 1 saturated heterocycles. The van der Waals surface area contributed by atoms with Crippen LogP contribution in [0.5, 0.6) is 0 Å². The van der Waals surface area contributed by atoms with Crippen LogP contribution in [0.25, 0.3) is 0 Å². The van der Waals surface area contributed by atoms with Crippen molar-refractivity contribution in [3.05, 3.63) is 30.1 Å². The molecule has 1 unspecified atom stereocenters. The molecule has 26 heavy (non-hydrogen) atoms. The van der Waals surface area contributed by atoms with E-state index in [1.165, 1.54) is 24.3 Å². The lowest BCUT2D eigenvalue weighted by atomic mass is 10.2. The van der Waals surface area contributed by atoms with Crippen LogP contribution >= 0.6 is 0 Å². The molecule has 1 heterocycles. The number of carbonyl (C=O) groups is 2. The molecular weight excluding hydrogens is 361 g/mol. The fraction of sp³-hybridized carbons (Fsp3) is 0.529. The van der Waals surface area contributed by atoms with Gasteiger partial charge in [-0.05, 0) is 44.5 Å². The van der Waals surface area contributed by atoms with E-state index in [1.807, 2.05) is 6.92 Å². The Morgan fingerprint density at radius 1 is 1.31 bits per heavy atom. The Bertz CT molecular complexity index is 752. The predicted molar refractivity (Wildman–Crippen MR) is 96.1 cm³/mol. The molecule has 0 aromatic heterocycles. The van der Waals surface area contributed by atoms with Crippen LogP contribution in [0.15, 0.2) is 24.3 Å². The second-order valence-corrected chi connectivity index (χ2v) is 8.80. The van der Waals surface area contributed by atoms with E-state index in [2.05, 4.69) is 10.6 Å². The fourth-order valence-electron chi connectivity index (χ4n) is 2.95. The molecule has 1 fully saturated rings. The highest BCUT2D eigenvalue weighted by molar-refractivity contribution is 7.91. The maximum atomic E-state index is 12.9. The Hall–Kier alpha value is -2.00. The van der Waals surface area contributed by atoms with E-state index < -0.39 is 15.9 Å². The first kappa shape index (κ1) is 20.3. The average molecular weight is 386 g/mol. The molecule has 9 heteroatoms. The number of amides is 2. The number of hydrogen-bond acceptors (Lipinski definition) is 4. The topological polar surface area (TPSA) is 96.8 Å². The van der Waals surface area contributed by atoms with Crippen molar-refractivity contribution >= 4 is 27.3 Å². The molecule has 3 N–H and O–H groups in total. The Morgan fingerprint density at radius 2 is 1.96 bits per heavy atom. The average Bonchev–Trinajstić information content (AvgIpc) is 2.92. The van der Waals surface area contributed by atoms with Crippen LogP contribution in [-0.4, -0.2) is 56.9 Å². The first-order valence-electron chi connectivity index (χ1n) is 8.61. The smallest absolute Gasteiger partial charge is 0.282 e. The van der Waals surface area contributed by atoms with Gasteiger partial charge < -0.3 is 15.5 Å². The molecular formula is C17H25FN3O4S+. The summed E-state index contributed by atoms with van der Waals surface area (Å²) in [5, 5.41) is 5.44. The zero-order valence-electron chi connectivity index (χ0n) is 14.9. The molecule has 1 aliphatic heterocycles. The molecule has 1 aromatic rings. The summed E-state index contributed by atoms with van der Waals surface area (Å²) in [5.74, 6) is -0.864. The highest BCUT2D eigenvalue weighted by Crippen LogP contribution is 2.11. The Labute approximate surface area is 152 Å². The summed E-state index contributed by atoms with van der Waals surface area (Å²) in [6, 6.07) is 4.61. The van der Waals surface area contributed by atoms with E-state index >= 15 is 0 Å². The lowest BCUT2D eigenvalue weighted by Gasteiger charge is -2.24. The predicted octanol–water partition coefficient (Wildman–Crippen LogP) is -0.639. The van der Waals surface area contributed by atoms with E-state index in [0.717, 1.165) is 4.90 Å². The second kappa shape index (κ2) is 8.59. The number of halogens is 1. The van der Waals surface area contributed by atoms with E-state index in [1.54, 1.807) is 6.92 Å². The minimum absolute atomic E-state index is 0.0270. The third-order valence-electron chi connectivity index (χ3n) is 4.56. The van der Waals surface area contributed by atoms with Gasteiger partial charge in [0.05, 0.1) is 18.1 Å². The van der Waals surface area contributed by atoms with Crippen LogP contribution in [0.3, 0.4) is 0 Å². The van der Waals surface area contributed by atoms with Crippen LogP contribution in [0.2, 0.25) is 0 Å². The molecule has 2 amide bonds. The Balaban J connectivity index is 1.88. The van der Waals surface area contributed by atoms with E-state index in [-0.39, 0.29) is 41.7 Å². The minimum Gasteiger partial charge on any atom is -0.347 e. The maximum absolute atomic E-state index is 12.9. The number of likely N-dealkylation sites (N-methyl/N-ethyl adjacent to an activating group) is 1. The summed E-state index contributed by atoms with van der Waals surface area (Å²) in [7, 11) is -3.05. The van der Waals surface area contributed by atoms with Crippen molar-refractivity contribution in [3.63, 3.8) is 0 Å². The summed E-state index contributed by atoms with van der Waals surface area (Å²) in [4.78, 5) is 25.3. The summed E-state index contributed by atoms with van der Waals surface area (Å²) < 4.78 is 35.8. The number of anilines is 1. The molecule has 144 valence electrons. The lowest BCUT2D eigenvalue weighted by Crippen LogP contribution is -3.17. The molecule has 3 atom stereocenters. The first-order chi connectivity index (χ1) is 12.2. The minimum atomic E-state index is -3.05. The monoisotopic (exact) mass is 386 g/mol. The lowest BCUT2D eigenvalue weighted by molar-refractivity contribution is -0.904. The third kappa shape index (κ3) is 5.77. The molecule has 0 spiro atoms. The van der Waals surface area contributed by atoms with Gasteiger partial charge in [0.1, 0.15) is 5.82 Å². The fourth-order valence-corrected chi connectivity index (χ4v) is 4.62. The summed E-state index contributed by atoms with van der Waals surface area (Å²) in [6.45, 7) is 4.20. The van der Waals surface area contributed by atoms with Gasteiger partial charge in [-0.2, -0.15) is 0 Å². The molecule has 0 aliphatic carbocycles. The van der Waals surface area contributed by atoms with E-state index in [0.29, 0.717) is 18.7 Å². The van der Waals surface area contributed by atoms with Crippen molar-refractivity contribution in [3.8, 4) is 0 Å². The zero-order valence-corrected chi connectivity index (χ0v) is 15.7. The van der Waals surface area contributed by atoms with Crippen molar-refractivity contribution in [1.82, 2.24) is 5.32 Å². The van der Waals surface area contributed by atoms with Gasteiger partial charge >= 0.3 is 0 Å². The zero-order chi connectivity index (χ0) is 19.3. The number of carbonyl (C=O) groups excluding carboxylic acids is 2. The van der Waals surface area contributed by atoms with E-state index in [9.17, 15) is 22.4 Å². The number of quaternary nitrogens is 1. The maximum Gasteiger partial charge on any atom is 0.282 e. The number of hydrogen-bond donors (Lipinski definition) is 3. The number of benzene rings is 1. The summed E-state index contributed by atoms with van der Waals surface area (Å²) in [5.41, 5.74) is 0.485. The number of nitrogens with one attached hydrogen (secondary N) is 3. The molecule has 1 aliphatic rings. The summed E-state index contributed by atoms with van der Waals surface area (Å²) in [6.07, 6.45) is 0.427. The van der Waals surface area contributed by atoms with Crippen LogP contribution in [0.1, 0.15) is 20.3 Å². The third-order valence-corrected chi connectivity index (χ3v) is 6.32. The van der Waals surface area contributed by atoms with Gasteiger partial charge in [-0.25, -0.2) is 12.8 Å². The van der Waals surface area contributed by atoms with Gasteiger partial charge in [-0.3, -0.25) is 9.59 Å². The summed E-state index contributed by atoms with van der Waals surface area (Å²) >= 11 is 0.